The molecule has 2 fully saturated rings. The number of carbonyl (C=O) groups is 2. The van der Waals surface area contributed by atoms with Crippen LogP contribution in [0.1, 0.15) is 47.3 Å². The Morgan fingerprint density at radius 2 is 1.56 bits per heavy atom. The summed E-state index contributed by atoms with van der Waals surface area (Å²) < 4.78 is 0. The van der Waals surface area contributed by atoms with Crippen LogP contribution in [0.5, 0.6) is 0 Å². The number of hydrogen-bond acceptors (Lipinski definition) is 4. The molecule has 7 nitrogen and oxygen atoms in total. The van der Waals surface area contributed by atoms with Gasteiger partial charge in [0.2, 0.25) is 0 Å². The number of rotatable bonds is 8. The first-order chi connectivity index (χ1) is 17.7. The van der Waals surface area contributed by atoms with E-state index >= 15 is 0 Å². The van der Waals surface area contributed by atoms with Gasteiger partial charge in [-0.1, -0.05) is 48.5 Å². The van der Waals surface area contributed by atoms with Crippen LogP contribution in [0.25, 0.3) is 0 Å². The summed E-state index contributed by atoms with van der Waals surface area (Å²) in [7, 11) is 0. The second-order valence-electron chi connectivity index (χ2n) is 9.61. The molecule has 36 heavy (non-hydrogen) atoms. The first-order valence-corrected chi connectivity index (χ1v) is 12.8. The summed E-state index contributed by atoms with van der Waals surface area (Å²) in [5.41, 5.74) is 3.10. The van der Waals surface area contributed by atoms with Crippen molar-refractivity contribution in [2.24, 2.45) is 0 Å². The van der Waals surface area contributed by atoms with E-state index in [1.165, 1.54) is 5.56 Å². The molecule has 3 amide bonds. The molecule has 3 aromatic rings. The Morgan fingerprint density at radius 1 is 0.861 bits per heavy atom. The number of para-hydroxylation sites is 1. The summed E-state index contributed by atoms with van der Waals surface area (Å²) in [5, 5.41) is 5.97. The minimum Gasteiger partial charge on any atom is -0.346 e. The van der Waals surface area contributed by atoms with E-state index in [1.54, 1.807) is 18.3 Å². The fourth-order valence-electron chi connectivity index (χ4n) is 4.92. The Bertz CT molecular complexity index is 1160. The summed E-state index contributed by atoms with van der Waals surface area (Å²) in [6.45, 7) is 3.23. The van der Waals surface area contributed by atoms with E-state index in [1.807, 2.05) is 41.3 Å². The molecule has 186 valence electrons. The van der Waals surface area contributed by atoms with Crippen LogP contribution in [0.2, 0.25) is 0 Å². The smallest absolute Gasteiger partial charge is 0.322 e. The number of hydrogen-bond donors (Lipinski definition) is 2. The predicted molar refractivity (Wildman–Crippen MR) is 140 cm³/mol. The molecular formula is C29H33N5O2. The average Bonchev–Trinajstić information content (AvgIpc) is 3.75. The third-order valence-corrected chi connectivity index (χ3v) is 6.94. The molecule has 0 bridgehead atoms. The van der Waals surface area contributed by atoms with Crippen molar-refractivity contribution in [2.45, 2.75) is 50.9 Å². The lowest BCUT2D eigenvalue weighted by Gasteiger charge is -2.39. The first kappa shape index (κ1) is 24.0. The van der Waals surface area contributed by atoms with Gasteiger partial charge in [0.15, 0.2) is 0 Å². The normalized spacial score (nSPS) is 16.3. The molecule has 0 atom stereocenters. The standard InChI is InChI=1S/C29H33N5O2/c35-28(31-20-23-10-6-7-17-30-23)26-11-4-5-12-27(26)32-29(36)34(24-13-14-24)25-15-18-33(19-16-25)21-22-8-2-1-3-9-22/h1-12,17,24-25H,13-16,18-21H2,(H,31,35)(H,32,36). The van der Waals surface area contributed by atoms with Gasteiger partial charge in [0.1, 0.15) is 0 Å². The number of nitrogens with one attached hydrogen (secondary N) is 2. The van der Waals surface area contributed by atoms with Crippen LogP contribution in [0.3, 0.4) is 0 Å². The summed E-state index contributed by atoms with van der Waals surface area (Å²) >= 11 is 0. The van der Waals surface area contributed by atoms with E-state index in [2.05, 4.69) is 44.8 Å². The second-order valence-corrected chi connectivity index (χ2v) is 9.61. The highest BCUT2D eigenvalue weighted by Gasteiger charge is 2.39. The van der Waals surface area contributed by atoms with Crippen LogP contribution in [0.15, 0.2) is 79.0 Å². The highest BCUT2D eigenvalue weighted by molar-refractivity contribution is 6.03. The Labute approximate surface area is 212 Å². The number of benzene rings is 2. The van der Waals surface area contributed by atoms with Gasteiger partial charge in [0.25, 0.3) is 5.91 Å². The van der Waals surface area contributed by atoms with E-state index in [0.717, 1.165) is 51.0 Å². The van der Waals surface area contributed by atoms with Crippen molar-refractivity contribution in [3.63, 3.8) is 0 Å². The van der Waals surface area contributed by atoms with Gasteiger partial charge < -0.3 is 15.5 Å². The predicted octanol–water partition coefficient (Wildman–Crippen LogP) is 4.67. The lowest BCUT2D eigenvalue weighted by molar-refractivity contribution is 0.0951. The molecule has 0 unspecified atom stereocenters. The topological polar surface area (TPSA) is 77.6 Å². The number of likely N-dealkylation sites (tertiary alicyclic amines) is 1. The molecule has 2 N–H and O–H groups in total. The maximum absolute atomic E-state index is 13.5. The summed E-state index contributed by atoms with van der Waals surface area (Å²) in [5.74, 6) is -0.233. The maximum atomic E-state index is 13.5. The number of aromatic nitrogens is 1. The zero-order valence-electron chi connectivity index (χ0n) is 20.5. The van der Waals surface area contributed by atoms with Crippen molar-refractivity contribution in [3.05, 3.63) is 95.8 Å². The summed E-state index contributed by atoms with van der Waals surface area (Å²) in [6.07, 6.45) is 5.72. The van der Waals surface area contributed by atoms with Crippen molar-refractivity contribution >= 4 is 17.6 Å². The van der Waals surface area contributed by atoms with E-state index in [4.69, 9.17) is 0 Å². The van der Waals surface area contributed by atoms with E-state index < -0.39 is 0 Å². The minimum absolute atomic E-state index is 0.107. The first-order valence-electron chi connectivity index (χ1n) is 12.8. The number of piperidine rings is 1. The molecule has 0 spiro atoms. The molecule has 2 aromatic carbocycles. The van der Waals surface area contributed by atoms with Crippen LogP contribution >= 0.6 is 0 Å². The Balaban J connectivity index is 1.20. The van der Waals surface area contributed by atoms with Gasteiger partial charge in [-0.2, -0.15) is 0 Å². The van der Waals surface area contributed by atoms with Gasteiger partial charge >= 0.3 is 6.03 Å². The molecule has 1 aliphatic carbocycles. The second kappa shape index (κ2) is 11.4. The highest BCUT2D eigenvalue weighted by atomic mass is 16.2. The molecule has 2 aliphatic rings. The monoisotopic (exact) mass is 483 g/mol. The Morgan fingerprint density at radius 3 is 2.28 bits per heavy atom. The van der Waals surface area contributed by atoms with Crippen LogP contribution < -0.4 is 10.6 Å². The van der Waals surface area contributed by atoms with Crippen LogP contribution in [0.4, 0.5) is 10.5 Å². The zero-order chi connectivity index (χ0) is 24.7. The quantitative estimate of drug-likeness (QED) is 0.488. The SMILES string of the molecule is O=C(NCc1ccccn1)c1ccccc1NC(=O)N(C1CC1)C1CCN(Cc2ccccc2)CC1. The van der Waals surface area contributed by atoms with Gasteiger partial charge in [-0.3, -0.25) is 14.7 Å². The van der Waals surface area contributed by atoms with Gasteiger partial charge in [0, 0.05) is 37.9 Å². The molecule has 5 rings (SSSR count). The number of pyridine rings is 1. The van der Waals surface area contributed by atoms with Crippen LogP contribution in [0, 0.1) is 0 Å². The van der Waals surface area contributed by atoms with Crippen LogP contribution in [-0.4, -0.2) is 51.9 Å². The molecule has 1 saturated carbocycles. The fraction of sp³-hybridized carbons (Fsp3) is 0.345. The average molecular weight is 484 g/mol. The molecule has 2 heterocycles. The van der Waals surface area contributed by atoms with Crippen molar-refractivity contribution in [2.75, 3.05) is 18.4 Å². The van der Waals surface area contributed by atoms with Crippen molar-refractivity contribution in [3.8, 4) is 0 Å². The lowest BCUT2D eigenvalue weighted by atomic mass is 10.0. The minimum atomic E-state index is -0.233. The van der Waals surface area contributed by atoms with Crippen molar-refractivity contribution in [1.29, 1.82) is 0 Å². The van der Waals surface area contributed by atoms with Crippen LogP contribution in [-0.2, 0) is 13.1 Å². The van der Waals surface area contributed by atoms with Gasteiger partial charge in [-0.25, -0.2) is 4.79 Å². The number of carbonyl (C=O) groups excluding carboxylic acids is 2. The molecule has 1 saturated heterocycles. The number of amides is 3. The summed E-state index contributed by atoms with van der Waals surface area (Å²) in [4.78, 5) is 35.2. The van der Waals surface area contributed by atoms with Gasteiger partial charge in [0.05, 0.1) is 23.5 Å². The largest absolute Gasteiger partial charge is 0.346 e. The molecular weight excluding hydrogens is 450 g/mol. The molecule has 0 radical (unpaired) electrons. The Hall–Kier alpha value is -3.71. The highest BCUT2D eigenvalue weighted by Crippen LogP contribution is 2.33. The van der Waals surface area contributed by atoms with E-state index in [9.17, 15) is 9.59 Å². The van der Waals surface area contributed by atoms with E-state index in [-0.39, 0.29) is 18.0 Å². The molecule has 1 aliphatic heterocycles. The number of urea groups is 1. The Kier molecular flexibility index (Phi) is 7.57. The van der Waals surface area contributed by atoms with E-state index in [0.29, 0.717) is 23.8 Å². The maximum Gasteiger partial charge on any atom is 0.322 e. The third kappa shape index (κ3) is 6.10. The fourth-order valence-corrected chi connectivity index (χ4v) is 4.92. The van der Waals surface area contributed by atoms with Gasteiger partial charge in [-0.15, -0.1) is 0 Å². The molecule has 1 aromatic heterocycles. The summed E-state index contributed by atoms with van der Waals surface area (Å²) in [6, 6.07) is 23.7. The molecule has 7 heteroatoms. The van der Waals surface area contributed by atoms with Crippen molar-refractivity contribution < 1.29 is 9.59 Å². The number of nitrogens with zero attached hydrogens (tertiary/aromatic N) is 3. The van der Waals surface area contributed by atoms with Gasteiger partial charge in [-0.05, 0) is 55.5 Å². The zero-order valence-corrected chi connectivity index (χ0v) is 20.5. The number of anilines is 1. The lowest BCUT2D eigenvalue weighted by Crippen LogP contribution is -2.49. The van der Waals surface area contributed by atoms with Crippen molar-refractivity contribution in [1.82, 2.24) is 20.1 Å². The third-order valence-electron chi connectivity index (χ3n) is 6.94.